The van der Waals surface area contributed by atoms with Crippen molar-refractivity contribution in [2.75, 3.05) is 18.0 Å². The molecule has 0 amide bonds. The summed E-state index contributed by atoms with van der Waals surface area (Å²) in [5, 5.41) is 9.87. The van der Waals surface area contributed by atoms with E-state index < -0.39 is 5.97 Å². The van der Waals surface area contributed by atoms with Crippen LogP contribution in [0.5, 0.6) is 0 Å². The summed E-state index contributed by atoms with van der Waals surface area (Å²) in [6.45, 7) is 6.26. The molecule has 138 valence electrons. The van der Waals surface area contributed by atoms with Gasteiger partial charge >= 0.3 is 5.97 Å². The van der Waals surface area contributed by atoms with Gasteiger partial charge in [-0.05, 0) is 47.9 Å². The maximum atomic E-state index is 12.0. The third-order valence-electron chi connectivity index (χ3n) is 5.60. The van der Waals surface area contributed by atoms with Crippen molar-refractivity contribution in [3.05, 3.63) is 40.3 Å². The number of rotatable bonds is 4. The number of benzene rings is 1. The van der Waals surface area contributed by atoms with Crippen LogP contribution in [0.3, 0.4) is 0 Å². The number of carboxylic acid groups (broad SMARTS) is 1. The number of nitrogens with one attached hydrogen (secondary N) is 1. The molecule has 26 heavy (non-hydrogen) atoms. The van der Waals surface area contributed by atoms with E-state index in [2.05, 4.69) is 36.3 Å². The second-order valence-corrected chi connectivity index (χ2v) is 9.27. The molecule has 6 heteroatoms. The van der Waals surface area contributed by atoms with Crippen LogP contribution in [0.1, 0.15) is 41.1 Å². The Hall–Kier alpha value is -1.89. The van der Waals surface area contributed by atoms with Gasteiger partial charge in [-0.3, -0.25) is 11.3 Å². The molecule has 4 N–H and O–H groups in total. The molecule has 0 saturated carbocycles. The first kappa shape index (κ1) is 17.5. The lowest BCUT2D eigenvalue weighted by Crippen LogP contribution is -2.60. The van der Waals surface area contributed by atoms with Gasteiger partial charge in [0.1, 0.15) is 0 Å². The fraction of sp³-hybridized carbons (Fsp3) is 0.450. The smallest absolute Gasteiger partial charge is 0.337 e. The standard InChI is InChI=1S/C20H25N3O2S/c1-20(2)8-7-16-15(9-20)17(19(24)25)18(26-16)12-3-5-14(6-4-12)23-10-13(11-23)22-21/h3-6,13,22H,7-11,21H2,1-2H3,(H,24,25). The molecule has 0 spiro atoms. The van der Waals surface area contributed by atoms with E-state index in [1.807, 2.05) is 12.1 Å². The van der Waals surface area contributed by atoms with Gasteiger partial charge in [0.05, 0.1) is 11.6 Å². The molecule has 1 aromatic heterocycles. The van der Waals surface area contributed by atoms with Crippen molar-refractivity contribution in [2.45, 2.75) is 39.2 Å². The molecule has 2 aromatic rings. The van der Waals surface area contributed by atoms with Crippen molar-refractivity contribution in [1.29, 1.82) is 0 Å². The molecule has 0 atom stereocenters. The van der Waals surface area contributed by atoms with Gasteiger partial charge in [-0.2, -0.15) is 0 Å². The van der Waals surface area contributed by atoms with Gasteiger partial charge < -0.3 is 10.0 Å². The fourth-order valence-electron chi connectivity index (χ4n) is 3.97. The minimum absolute atomic E-state index is 0.171. The number of aryl methyl sites for hydroxylation is 1. The fourth-order valence-corrected chi connectivity index (χ4v) is 5.28. The van der Waals surface area contributed by atoms with Gasteiger partial charge in [-0.15, -0.1) is 11.3 Å². The number of hydrogen-bond donors (Lipinski definition) is 3. The Labute approximate surface area is 157 Å². The highest BCUT2D eigenvalue weighted by Crippen LogP contribution is 2.45. The summed E-state index contributed by atoms with van der Waals surface area (Å²) in [7, 11) is 0. The summed E-state index contributed by atoms with van der Waals surface area (Å²) in [5.74, 6) is 4.65. The summed E-state index contributed by atoms with van der Waals surface area (Å²) in [6.07, 6.45) is 2.94. The van der Waals surface area contributed by atoms with E-state index in [-0.39, 0.29) is 5.41 Å². The van der Waals surface area contributed by atoms with Crippen LogP contribution in [-0.4, -0.2) is 30.2 Å². The van der Waals surface area contributed by atoms with E-state index in [9.17, 15) is 9.90 Å². The van der Waals surface area contributed by atoms with Crippen LogP contribution in [0.2, 0.25) is 0 Å². The third kappa shape index (κ3) is 3.02. The lowest BCUT2D eigenvalue weighted by atomic mass is 9.76. The average Bonchev–Trinajstić information content (AvgIpc) is 2.92. The summed E-state index contributed by atoms with van der Waals surface area (Å²) >= 11 is 1.66. The zero-order valence-electron chi connectivity index (χ0n) is 15.2. The number of anilines is 1. The highest BCUT2D eigenvalue weighted by atomic mass is 32.1. The summed E-state index contributed by atoms with van der Waals surface area (Å²) < 4.78 is 0. The van der Waals surface area contributed by atoms with Crippen molar-refractivity contribution >= 4 is 23.0 Å². The summed E-state index contributed by atoms with van der Waals surface area (Å²) in [6, 6.07) is 8.61. The van der Waals surface area contributed by atoms with Crippen LogP contribution in [0.25, 0.3) is 10.4 Å². The first-order valence-corrected chi connectivity index (χ1v) is 9.89. The molecule has 1 aliphatic heterocycles. The molecule has 1 aromatic carbocycles. The average molecular weight is 372 g/mol. The second-order valence-electron chi connectivity index (χ2n) is 8.17. The molecule has 0 unspecified atom stereocenters. The SMILES string of the molecule is CC1(C)CCc2sc(-c3ccc(N4CC(NN)C4)cc3)c(C(=O)O)c2C1. The van der Waals surface area contributed by atoms with Crippen molar-refractivity contribution in [1.82, 2.24) is 5.43 Å². The van der Waals surface area contributed by atoms with Crippen LogP contribution < -0.4 is 16.2 Å². The first-order chi connectivity index (χ1) is 12.4. The number of nitrogens with two attached hydrogens (primary N) is 1. The van der Waals surface area contributed by atoms with Crippen molar-refractivity contribution in [3.8, 4) is 10.4 Å². The monoisotopic (exact) mass is 371 g/mol. The summed E-state index contributed by atoms with van der Waals surface area (Å²) in [5.41, 5.74) is 6.68. The van der Waals surface area contributed by atoms with Crippen molar-refractivity contribution in [2.24, 2.45) is 11.3 Å². The van der Waals surface area contributed by atoms with E-state index in [0.717, 1.165) is 54.0 Å². The quantitative estimate of drug-likeness (QED) is 0.568. The van der Waals surface area contributed by atoms with E-state index in [1.165, 1.54) is 4.88 Å². The van der Waals surface area contributed by atoms with Crippen LogP contribution in [0, 0.1) is 5.41 Å². The Bertz CT molecular complexity index is 835. The largest absolute Gasteiger partial charge is 0.478 e. The molecule has 0 radical (unpaired) electrons. The number of nitrogens with zero attached hydrogens (tertiary/aromatic N) is 1. The minimum atomic E-state index is -0.807. The lowest BCUT2D eigenvalue weighted by molar-refractivity contribution is 0.0696. The van der Waals surface area contributed by atoms with Crippen LogP contribution in [0.4, 0.5) is 5.69 Å². The molecule has 1 aliphatic carbocycles. The Kier molecular flexibility index (Phi) is 4.29. The zero-order chi connectivity index (χ0) is 18.5. The van der Waals surface area contributed by atoms with Gasteiger partial charge in [0.15, 0.2) is 0 Å². The minimum Gasteiger partial charge on any atom is -0.478 e. The maximum Gasteiger partial charge on any atom is 0.337 e. The van der Waals surface area contributed by atoms with Crippen LogP contribution >= 0.6 is 11.3 Å². The molecule has 2 aliphatic rings. The number of fused-ring (bicyclic) bond motifs is 1. The van der Waals surface area contributed by atoms with Gasteiger partial charge in [0.2, 0.25) is 0 Å². The van der Waals surface area contributed by atoms with E-state index in [0.29, 0.717) is 11.6 Å². The van der Waals surface area contributed by atoms with E-state index >= 15 is 0 Å². The molecular formula is C20H25N3O2S. The molecule has 0 bridgehead atoms. The maximum absolute atomic E-state index is 12.0. The Morgan fingerprint density at radius 3 is 2.62 bits per heavy atom. The molecule has 2 heterocycles. The second kappa shape index (κ2) is 6.37. The predicted octanol–water partition coefficient (Wildman–Crippen LogP) is 3.28. The predicted molar refractivity (Wildman–Crippen MR) is 106 cm³/mol. The van der Waals surface area contributed by atoms with Gasteiger partial charge in [-0.1, -0.05) is 26.0 Å². The van der Waals surface area contributed by atoms with Crippen LogP contribution in [-0.2, 0) is 12.8 Å². The third-order valence-corrected chi connectivity index (χ3v) is 6.94. The Morgan fingerprint density at radius 2 is 2.00 bits per heavy atom. The zero-order valence-corrected chi connectivity index (χ0v) is 16.0. The molecular weight excluding hydrogens is 346 g/mol. The number of hydrazine groups is 1. The highest BCUT2D eigenvalue weighted by Gasteiger charge is 2.33. The molecule has 4 rings (SSSR count). The van der Waals surface area contributed by atoms with Gasteiger partial charge in [-0.25, -0.2) is 4.79 Å². The summed E-state index contributed by atoms with van der Waals surface area (Å²) in [4.78, 5) is 16.4. The molecule has 1 fully saturated rings. The normalized spacial score (nSPS) is 19.1. The van der Waals surface area contributed by atoms with Crippen molar-refractivity contribution in [3.63, 3.8) is 0 Å². The number of carboxylic acids is 1. The molecule has 5 nitrogen and oxygen atoms in total. The number of thiophene rings is 1. The van der Waals surface area contributed by atoms with E-state index in [1.54, 1.807) is 11.3 Å². The van der Waals surface area contributed by atoms with Crippen molar-refractivity contribution < 1.29 is 9.90 Å². The first-order valence-electron chi connectivity index (χ1n) is 9.07. The highest BCUT2D eigenvalue weighted by molar-refractivity contribution is 7.16. The Morgan fingerprint density at radius 1 is 1.31 bits per heavy atom. The number of aromatic carboxylic acids is 1. The van der Waals surface area contributed by atoms with Crippen LogP contribution in [0.15, 0.2) is 24.3 Å². The number of hydrogen-bond acceptors (Lipinski definition) is 5. The lowest BCUT2D eigenvalue weighted by Gasteiger charge is -2.40. The topological polar surface area (TPSA) is 78.6 Å². The Balaban J connectivity index is 1.66. The van der Waals surface area contributed by atoms with E-state index in [4.69, 9.17) is 5.84 Å². The van der Waals surface area contributed by atoms with Gasteiger partial charge in [0, 0.05) is 28.5 Å². The van der Waals surface area contributed by atoms with Gasteiger partial charge in [0.25, 0.3) is 0 Å². The molecule has 1 saturated heterocycles. The number of carbonyl (C=O) groups is 1.